The van der Waals surface area contributed by atoms with Crippen LogP contribution in [-0.4, -0.2) is 18.4 Å². The summed E-state index contributed by atoms with van der Waals surface area (Å²) in [6.07, 6.45) is 5.04. The smallest absolute Gasteiger partial charge is 0.119 e. The monoisotopic (exact) mass is 211 g/mol. The first-order valence-corrected chi connectivity index (χ1v) is 6.37. The van der Waals surface area contributed by atoms with Gasteiger partial charge >= 0.3 is 0 Å². The van der Waals surface area contributed by atoms with Gasteiger partial charge in [-0.15, -0.1) is 0 Å². The van der Waals surface area contributed by atoms with Gasteiger partial charge in [0.15, 0.2) is 0 Å². The summed E-state index contributed by atoms with van der Waals surface area (Å²) < 4.78 is 6.11. The molecule has 0 amide bonds. The maximum Gasteiger partial charge on any atom is 0.119 e. The molecule has 0 aromatic heterocycles. The van der Waals surface area contributed by atoms with E-state index < -0.39 is 0 Å². The molecule has 1 heterocycles. The summed E-state index contributed by atoms with van der Waals surface area (Å²) in [5, 5.41) is 3.80. The lowest BCUT2D eigenvalue weighted by Crippen LogP contribution is -2.63. The van der Waals surface area contributed by atoms with Crippen molar-refractivity contribution in [3.8, 4) is 0 Å². The normalized spacial score (nSPS) is 33.8. The summed E-state index contributed by atoms with van der Waals surface area (Å²) in [6.45, 7) is 10.2. The van der Waals surface area contributed by atoms with E-state index in [1.165, 1.54) is 25.7 Å². The second kappa shape index (κ2) is 3.74. The highest BCUT2D eigenvalue weighted by molar-refractivity contribution is 4.98. The zero-order valence-corrected chi connectivity index (χ0v) is 10.6. The van der Waals surface area contributed by atoms with E-state index in [0.29, 0.717) is 12.0 Å². The molecule has 0 aromatic carbocycles. The van der Waals surface area contributed by atoms with Crippen LogP contribution in [0.1, 0.15) is 53.4 Å². The molecule has 1 unspecified atom stereocenters. The molecule has 2 nitrogen and oxygen atoms in total. The first kappa shape index (κ1) is 11.4. The van der Waals surface area contributed by atoms with Gasteiger partial charge in [0, 0.05) is 11.5 Å². The summed E-state index contributed by atoms with van der Waals surface area (Å²) in [5.41, 5.74) is 0.298. The molecular formula is C13H25NO. The Hall–Kier alpha value is -0.0800. The Morgan fingerprint density at radius 3 is 2.33 bits per heavy atom. The van der Waals surface area contributed by atoms with Gasteiger partial charge in [0.1, 0.15) is 5.72 Å². The second-order valence-corrected chi connectivity index (χ2v) is 6.34. The minimum absolute atomic E-state index is 0.0322. The van der Waals surface area contributed by atoms with Crippen LogP contribution in [-0.2, 0) is 4.74 Å². The van der Waals surface area contributed by atoms with Gasteiger partial charge in [0.25, 0.3) is 0 Å². The van der Waals surface area contributed by atoms with Crippen LogP contribution >= 0.6 is 0 Å². The molecule has 0 aromatic rings. The Balaban J connectivity index is 2.12. The highest BCUT2D eigenvalue weighted by Gasteiger charge is 2.47. The standard InChI is InChI=1S/C13H25NO/c1-10(2)11-12(3,4)9-15-13(14-11)7-5-6-8-13/h10-11,14H,5-9H2,1-4H3. The molecule has 1 aliphatic carbocycles. The Bertz CT molecular complexity index is 229. The van der Waals surface area contributed by atoms with Crippen LogP contribution in [0.25, 0.3) is 0 Å². The number of ether oxygens (including phenoxy) is 1. The van der Waals surface area contributed by atoms with Crippen molar-refractivity contribution in [2.24, 2.45) is 11.3 Å². The van der Waals surface area contributed by atoms with Crippen LogP contribution in [0.4, 0.5) is 0 Å². The van der Waals surface area contributed by atoms with Crippen molar-refractivity contribution in [2.45, 2.75) is 65.1 Å². The molecule has 1 saturated carbocycles. The fourth-order valence-corrected chi connectivity index (χ4v) is 3.24. The van der Waals surface area contributed by atoms with Crippen molar-refractivity contribution in [3.05, 3.63) is 0 Å². The Morgan fingerprint density at radius 2 is 1.80 bits per heavy atom. The van der Waals surface area contributed by atoms with E-state index >= 15 is 0 Å². The number of rotatable bonds is 1. The summed E-state index contributed by atoms with van der Waals surface area (Å²) in [6, 6.07) is 0.587. The second-order valence-electron chi connectivity index (χ2n) is 6.34. The topological polar surface area (TPSA) is 21.3 Å². The lowest BCUT2D eigenvalue weighted by atomic mass is 9.77. The van der Waals surface area contributed by atoms with Crippen molar-refractivity contribution < 1.29 is 4.74 Å². The first-order valence-electron chi connectivity index (χ1n) is 6.37. The maximum atomic E-state index is 6.11. The van der Waals surface area contributed by atoms with E-state index in [-0.39, 0.29) is 11.1 Å². The van der Waals surface area contributed by atoms with Crippen LogP contribution in [0, 0.1) is 11.3 Å². The molecule has 88 valence electrons. The largest absolute Gasteiger partial charge is 0.360 e. The molecular weight excluding hydrogens is 186 g/mol. The highest BCUT2D eigenvalue weighted by Crippen LogP contribution is 2.40. The van der Waals surface area contributed by atoms with E-state index in [2.05, 4.69) is 33.0 Å². The van der Waals surface area contributed by atoms with Crippen LogP contribution in [0.5, 0.6) is 0 Å². The van der Waals surface area contributed by atoms with E-state index in [9.17, 15) is 0 Å². The van der Waals surface area contributed by atoms with E-state index in [0.717, 1.165) is 6.61 Å². The van der Waals surface area contributed by atoms with Gasteiger partial charge in [-0.3, -0.25) is 5.32 Å². The summed E-state index contributed by atoms with van der Waals surface area (Å²) >= 11 is 0. The number of hydrogen-bond acceptors (Lipinski definition) is 2. The molecule has 1 spiro atoms. The maximum absolute atomic E-state index is 6.11. The Kier molecular flexibility index (Phi) is 2.85. The Labute approximate surface area is 93.8 Å². The third-order valence-corrected chi connectivity index (χ3v) is 4.06. The van der Waals surface area contributed by atoms with Crippen molar-refractivity contribution in [3.63, 3.8) is 0 Å². The quantitative estimate of drug-likeness (QED) is 0.720. The SMILES string of the molecule is CC(C)C1NC2(CCCC2)OCC1(C)C. The van der Waals surface area contributed by atoms with Crippen LogP contribution in [0.3, 0.4) is 0 Å². The number of nitrogens with one attached hydrogen (secondary N) is 1. The minimum atomic E-state index is 0.0322. The molecule has 2 rings (SSSR count). The zero-order valence-electron chi connectivity index (χ0n) is 10.6. The molecule has 1 saturated heterocycles. The minimum Gasteiger partial charge on any atom is -0.360 e. The average Bonchev–Trinajstić information content (AvgIpc) is 2.59. The lowest BCUT2D eigenvalue weighted by Gasteiger charge is -2.50. The van der Waals surface area contributed by atoms with Crippen molar-refractivity contribution >= 4 is 0 Å². The van der Waals surface area contributed by atoms with E-state index in [1.807, 2.05) is 0 Å². The van der Waals surface area contributed by atoms with Crippen LogP contribution in [0.15, 0.2) is 0 Å². The molecule has 2 heteroatoms. The zero-order chi connectivity index (χ0) is 11.1. The number of hydrogen-bond donors (Lipinski definition) is 1. The molecule has 0 radical (unpaired) electrons. The Morgan fingerprint density at radius 1 is 1.20 bits per heavy atom. The van der Waals surface area contributed by atoms with Crippen LogP contribution < -0.4 is 5.32 Å². The van der Waals surface area contributed by atoms with Crippen molar-refractivity contribution in [1.29, 1.82) is 0 Å². The molecule has 1 atom stereocenters. The van der Waals surface area contributed by atoms with Gasteiger partial charge in [-0.2, -0.15) is 0 Å². The fraction of sp³-hybridized carbons (Fsp3) is 1.00. The molecule has 0 bridgehead atoms. The highest BCUT2D eigenvalue weighted by atomic mass is 16.5. The van der Waals surface area contributed by atoms with E-state index in [1.54, 1.807) is 0 Å². The van der Waals surface area contributed by atoms with Gasteiger partial charge < -0.3 is 4.74 Å². The summed E-state index contributed by atoms with van der Waals surface area (Å²) in [7, 11) is 0. The molecule has 2 aliphatic rings. The van der Waals surface area contributed by atoms with Gasteiger partial charge in [0.2, 0.25) is 0 Å². The van der Waals surface area contributed by atoms with Crippen molar-refractivity contribution in [2.75, 3.05) is 6.61 Å². The van der Waals surface area contributed by atoms with Crippen LogP contribution in [0.2, 0.25) is 0 Å². The van der Waals surface area contributed by atoms with Gasteiger partial charge in [-0.25, -0.2) is 0 Å². The molecule has 1 N–H and O–H groups in total. The third kappa shape index (κ3) is 2.07. The van der Waals surface area contributed by atoms with Gasteiger partial charge in [0.05, 0.1) is 6.61 Å². The third-order valence-electron chi connectivity index (χ3n) is 4.06. The predicted molar refractivity (Wildman–Crippen MR) is 62.7 cm³/mol. The van der Waals surface area contributed by atoms with Gasteiger partial charge in [-0.05, 0) is 31.6 Å². The summed E-state index contributed by atoms with van der Waals surface area (Å²) in [4.78, 5) is 0. The predicted octanol–water partition coefficient (Wildman–Crippen LogP) is 2.93. The van der Waals surface area contributed by atoms with Crippen molar-refractivity contribution in [1.82, 2.24) is 5.32 Å². The van der Waals surface area contributed by atoms with E-state index in [4.69, 9.17) is 4.74 Å². The first-order chi connectivity index (χ1) is 6.95. The fourth-order valence-electron chi connectivity index (χ4n) is 3.24. The summed E-state index contributed by atoms with van der Waals surface area (Å²) in [5.74, 6) is 0.682. The molecule has 15 heavy (non-hydrogen) atoms. The molecule has 2 fully saturated rings. The van der Waals surface area contributed by atoms with Gasteiger partial charge in [-0.1, -0.05) is 27.7 Å². The molecule has 1 aliphatic heterocycles. The lowest BCUT2D eigenvalue weighted by molar-refractivity contribution is -0.161. The average molecular weight is 211 g/mol.